The van der Waals surface area contributed by atoms with Gasteiger partial charge < -0.3 is 0 Å². The van der Waals surface area contributed by atoms with Crippen molar-refractivity contribution >= 4 is 11.6 Å². The minimum absolute atomic E-state index is 0.0633. The van der Waals surface area contributed by atoms with Gasteiger partial charge in [0.15, 0.2) is 0 Å². The van der Waals surface area contributed by atoms with Gasteiger partial charge in [0.25, 0.3) is 0 Å². The maximum atomic E-state index is 5.95. The Labute approximate surface area is 95.8 Å². The van der Waals surface area contributed by atoms with E-state index in [9.17, 15) is 0 Å². The molecule has 15 heavy (non-hydrogen) atoms. The molecular formula is C12H15ClN2. The molecule has 2 nitrogen and oxygen atoms in total. The van der Waals surface area contributed by atoms with Crippen LogP contribution in [0.25, 0.3) is 0 Å². The van der Waals surface area contributed by atoms with Crippen molar-refractivity contribution in [3.63, 3.8) is 0 Å². The zero-order valence-corrected chi connectivity index (χ0v) is 9.73. The fraction of sp³-hybridized carbons (Fsp3) is 0.333. The molecule has 0 bridgehead atoms. The van der Waals surface area contributed by atoms with E-state index in [0.717, 1.165) is 16.1 Å². The third kappa shape index (κ3) is 3.24. The highest BCUT2D eigenvalue weighted by Gasteiger charge is 2.08. The zero-order valence-electron chi connectivity index (χ0n) is 8.97. The molecule has 1 unspecified atom stereocenters. The summed E-state index contributed by atoms with van der Waals surface area (Å²) in [5.41, 5.74) is 4.92. The lowest BCUT2D eigenvalue weighted by atomic mass is 10.0. The van der Waals surface area contributed by atoms with Crippen LogP contribution in [-0.4, -0.2) is 0 Å². The standard InChI is InChI=1S/C12H15ClN2/c1-3-4-5-12(15-14)10-6-7-11(13)9(2)8-10/h6-8,12,15H,5,14H2,1-2H3. The first-order valence-electron chi connectivity index (χ1n) is 4.80. The Morgan fingerprint density at radius 1 is 1.53 bits per heavy atom. The summed E-state index contributed by atoms with van der Waals surface area (Å²) in [7, 11) is 0. The van der Waals surface area contributed by atoms with Crippen LogP contribution < -0.4 is 11.3 Å². The third-order valence-corrected chi connectivity index (χ3v) is 2.69. The van der Waals surface area contributed by atoms with Crippen molar-refractivity contribution in [2.24, 2.45) is 5.84 Å². The fourth-order valence-corrected chi connectivity index (χ4v) is 1.48. The van der Waals surface area contributed by atoms with Gasteiger partial charge in [-0.05, 0) is 31.0 Å². The topological polar surface area (TPSA) is 38.0 Å². The Balaban J connectivity index is 2.90. The summed E-state index contributed by atoms with van der Waals surface area (Å²) in [6, 6.07) is 5.95. The van der Waals surface area contributed by atoms with E-state index in [4.69, 9.17) is 17.4 Å². The van der Waals surface area contributed by atoms with Gasteiger partial charge in [0.1, 0.15) is 0 Å². The van der Waals surface area contributed by atoms with Crippen molar-refractivity contribution in [1.29, 1.82) is 0 Å². The Hall–Kier alpha value is -1.01. The van der Waals surface area contributed by atoms with Gasteiger partial charge in [0.05, 0.1) is 6.04 Å². The number of halogens is 1. The first-order chi connectivity index (χ1) is 7.19. The minimum atomic E-state index is 0.0633. The highest BCUT2D eigenvalue weighted by molar-refractivity contribution is 6.31. The molecule has 0 heterocycles. The number of hydrogen-bond donors (Lipinski definition) is 2. The Kier molecular flexibility index (Phi) is 4.64. The number of benzene rings is 1. The van der Waals surface area contributed by atoms with Crippen LogP contribution in [0.1, 0.15) is 30.5 Å². The summed E-state index contributed by atoms with van der Waals surface area (Å²) < 4.78 is 0. The van der Waals surface area contributed by atoms with Gasteiger partial charge in [0, 0.05) is 11.4 Å². The zero-order chi connectivity index (χ0) is 11.3. The van der Waals surface area contributed by atoms with E-state index in [-0.39, 0.29) is 6.04 Å². The Morgan fingerprint density at radius 2 is 2.27 bits per heavy atom. The lowest BCUT2D eigenvalue weighted by Crippen LogP contribution is -2.27. The predicted molar refractivity (Wildman–Crippen MR) is 64.3 cm³/mol. The number of hydrogen-bond acceptors (Lipinski definition) is 2. The van der Waals surface area contributed by atoms with Crippen LogP contribution >= 0.6 is 11.6 Å². The maximum absolute atomic E-state index is 5.95. The van der Waals surface area contributed by atoms with Gasteiger partial charge in [-0.25, -0.2) is 0 Å². The third-order valence-electron chi connectivity index (χ3n) is 2.27. The van der Waals surface area contributed by atoms with E-state index in [1.165, 1.54) is 0 Å². The minimum Gasteiger partial charge on any atom is -0.271 e. The Morgan fingerprint density at radius 3 is 2.80 bits per heavy atom. The quantitative estimate of drug-likeness (QED) is 0.469. The van der Waals surface area contributed by atoms with Crippen molar-refractivity contribution in [2.75, 3.05) is 0 Å². The monoisotopic (exact) mass is 222 g/mol. The molecule has 80 valence electrons. The molecule has 0 amide bonds. The van der Waals surface area contributed by atoms with Crippen LogP contribution in [-0.2, 0) is 0 Å². The van der Waals surface area contributed by atoms with Crippen LogP contribution in [0, 0.1) is 18.8 Å². The van der Waals surface area contributed by atoms with Gasteiger partial charge in [0.2, 0.25) is 0 Å². The molecule has 1 aromatic rings. The van der Waals surface area contributed by atoms with Crippen LogP contribution in [0.5, 0.6) is 0 Å². The first-order valence-corrected chi connectivity index (χ1v) is 5.18. The molecule has 1 rings (SSSR count). The van der Waals surface area contributed by atoms with Gasteiger partial charge in [-0.15, -0.1) is 11.8 Å². The summed E-state index contributed by atoms with van der Waals surface area (Å²) >= 11 is 5.95. The van der Waals surface area contributed by atoms with E-state index in [1.54, 1.807) is 0 Å². The molecule has 0 radical (unpaired) electrons. The van der Waals surface area contributed by atoms with E-state index in [0.29, 0.717) is 6.42 Å². The molecule has 1 atom stereocenters. The Bertz CT molecular complexity index is 390. The second-order valence-electron chi connectivity index (χ2n) is 3.36. The van der Waals surface area contributed by atoms with Crippen LogP contribution in [0.2, 0.25) is 5.02 Å². The molecule has 1 aromatic carbocycles. The molecule has 0 fully saturated rings. The number of nitrogens with two attached hydrogens (primary N) is 1. The van der Waals surface area contributed by atoms with E-state index >= 15 is 0 Å². The molecule has 0 aromatic heterocycles. The van der Waals surface area contributed by atoms with Crippen molar-refractivity contribution in [1.82, 2.24) is 5.43 Å². The van der Waals surface area contributed by atoms with E-state index in [2.05, 4.69) is 17.3 Å². The van der Waals surface area contributed by atoms with Gasteiger partial charge in [-0.1, -0.05) is 23.7 Å². The SMILES string of the molecule is CC#CCC(NN)c1ccc(Cl)c(C)c1. The molecule has 0 aliphatic rings. The molecule has 3 N–H and O–H groups in total. The summed E-state index contributed by atoms with van der Waals surface area (Å²) in [4.78, 5) is 0. The molecular weight excluding hydrogens is 208 g/mol. The first kappa shape index (κ1) is 12.1. The maximum Gasteiger partial charge on any atom is 0.0569 e. The lowest BCUT2D eigenvalue weighted by molar-refractivity contribution is 0.567. The van der Waals surface area contributed by atoms with Crippen LogP contribution in [0.15, 0.2) is 18.2 Å². The molecule has 3 heteroatoms. The number of nitrogens with one attached hydrogen (secondary N) is 1. The molecule has 0 saturated carbocycles. The average Bonchev–Trinajstić information content (AvgIpc) is 2.24. The largest absolute Gasteiger partial charge is 0.271 e. The number of hydrazine groups is 1. The highest BCUT2D eigenvalue weighted by atomic mass is 35.5. The van der Waals surface area contributed by atoms with E-state index < -0.39 is 0 Å². The summed E-state index contributed by atoms with van der Waals surface area (Å²) in [5, 5.41) is 0.774. The molecule has 0 aliphatic carbocycles. The average molecular weight is 223 g/mol. The molecule has 0 saturated heterocycles. The van der Waals surface area contributed by atoms with Gasteiger partial charge in [-0.2, -0.15) is 0 Å². The van der Waals surface area contributed by atoms with Crippen LogP contribution in [0.4, 0.5) is 0 Å². The summed E-state index contributed by atoms with van der Waals surface area (Å²) in [5.74, 6) is 11.3. The predicted octanol–water partition coefficient (Wildman–Crippen LogP) is 2.57. The second kappa shape index (κ2) is 5.77. The highest BCUT2D eigenvalue weighted by Crippen LogP contribution is 2.21. The summed E-state index contributed by atoms with van der Waals surface area (Å²) in [6.45, 7) is 3.80. The van der Waals surface area contributed by atoms with E-state index in [1.807, 2.05) is 32.0 Å². The second-order valence-corrected chi connectivity index (χ2v) is 3.77. The number of rotatable bonds is 3. The van der Waals surface area contributed by atoms with Gasteiger partial charge in [-0.3, -0.25) is 11.3 Å². The van der Waals surface area contributed by atoms with Crippen molar-refractivity contribution < 1.29 is 0 Å². The van der Waals surface area contributed by atoms with Crippen LogP contribution in [0.3, 0.4) is 0 Å². The fourth-order valence-electron chi connectivity index (χ4n) is 1.36. The summed E-state index contributed by atoms with van der Waals surface area (Å²) in [6.07, 6.45) is 0.702. The van der Waals surface area contributed by atoms with Gasteiger partial charge >= 0.3 is 0 Å². The smallest absolute Gasteiger partial charge is 0.0569 e. The van der Waals surface area contributed by atoms with Crippen molar-refractivity contribution in [2.45, 2.75) is 26.3 Å². The normalized spacial score (nSPS) is 11.7. The molecule has 0 aliphatic heterocycles. The van der Waals surface area contributed by atoms with Crippen molar-refractivity contribution in [3.8, 4) is 11.8 Å². The van der Waals surface area contributed by atoms with Crippen molar-refractivity contribution in [3.05, 3.63) is 34.3 Å². The molecule has 0 spiro atoms. The lowest BCUT2D eigenvalue weighted by Gasteiger charge is -2.14. The number of aryl methyl sites for hydroxylation is 1.